The third kappa shape index (κ3) is 3.82. The van der Waals surface area contributed by atoms with E-state index in [4.69, 9.17) is 0 Å². The van der Waals surface area contributed by atoms with Crippen molar-refractivity contribution in [2.75, 3.05) is 16.8 Å². The number of amides is 2. The number of hydrogen-bond donors (Lipinski definition) is 1. The Labute approximate surface area is 168 Å². The fourth-order valence-electron chi connectivity index (χ4n) is 3.32. The highest BCUT2D eigenvalue weighted by Gasteiger charge is 2.35. The van der Waals surface area contributed by atoms with Crippen LogP contribution in [0, 0.1) is 5.92 Å². The van der Waals surface area contributed by atoms with Crippen LogP contribution < -0.4 is 10.2 Å². The van der Waals surface area contributed by atoms with Crippen LogP contribution in [0.15, 0.2) is 60.0 Å². The molecule has 3 aromatic rings. The molecule has 0 radical (unpaired) electrons. The smallest absolute Gasteiger partial charge is 0.231 e. The third-order valence-electron chi connectivity index (χ3n) is 4.96. The van der Waals surface area contributed by atoms with Crippen LogP contribution in [0.25, 0.3) is 11.3 Å². The highest BCUT2D eigenvalue weighted by Crippen LogP contribution is 2.28. The summed E-state index contributed by atoms with van der Waals surface area (Å²) in [6, 6.07) is 17.8. The number of hydrogen-bond acceptors (Lipinski definition) is 4. The quantitative estimate of drug-likeness (QED) is 0.703. The summed E-state index contributed by atoms with van der Waals surface area (Å²) in [6.45, 7) is 2.49. The third-order valence-corrected chi connectivity index (χ3v) is 5.71. The molecule has 0 spiro atoms. The lowest BCUT2D eigenvalue weighted by molar-refractivity contribution is -0.122. The summed E-state index contributed by atoms with van der Waals surface area (Å²) < 4.78 is 0. The molecule has 4 rings (SSSR count). The van der Waals surface area contributed by atoms with Crippen LogP contribution in [0.5, 0.6) is 0 Å². The standard InChI is InChI=1S/C22H21N3O2S/c1-2-15-8-10-18(11-9-15)25-13-17(12-20(25)26)21(27)24-22-23-19(14-28-22)16-6-4-3-5-7-16/h3-11,14,17H,2,12-13H2,1H3,(H,23,24,27). The van der Waals surface area contributed by atoms with E-state index in [1.807, 2.05) is 60.0 Å². The second-order valence-corrected chi connectivity index (χ2v) is 7.68. The lowest BCUT2D eigenvalue weighted by atomic mass is 10.1. The van der Waals surface area contributed by atoms with Crippen molar-refractivity contribution in [2.24, 2.45) is 5.92 Å². The van der Waals surface area contributed by atoms with Crippen molar-refractivity contribution in [3.8, 4) is 11.3 Å². The van der Waals surface area contributed by atoms with Crippen molar-refractivity contribution in [1.29, 1.82) is 0 Å². The first-order valence-corrected chi connectivity index (χ1v) is 10.2. The van der Waals surface area contributed by atoms with Gasteiger partial charge in [0.1, 0.15) is 0 Å². The fraction of sp³-hybridized carbons (Fsp3) is 0.227. The molecule has 1 saturated heterocycles. The summed E-state index contributed by atoms with van der Waals surface area (Å²) in [6.07, 6.45) is 1.18. The average Bonchev–Trinajstić information content (AvgIpc) is 3.35. The van der Waals surface area contributed by atoms with Crippen LogP contribution in [0.3, 0.4) is 0 Å². The summed E-state index contributed by atoms with van der Waals surface area (Å²) in [5, 5.41) is 5.35. The van der Waals surface area contributed by atoms with Gasteiger partial charge in [0.15, 0.2) is 5.13 Å². The normalized spacial score (nSPS) is 16.4. The molecule has 2 aromatic carbocycles. The number of anilines is 2. The Morgan fingerprint density at radius 1 is 1.18 bits per heavy atom. The number of nitrogens with zero attached hydrogens (tertiary/aromatic N) is 2. The zero-order valence-electron chi connectivity index (χ0n) is 15.6. The lowest BCUT2D eigenvalue weighted by Crippen LogP contribution is -2.28. The monoisotopic (exact) mass is 391 g/mol. The summed E-state index contributed by atoms with van der Waals surface area (Å²) in [5.74, 6) is -0.550. The van der Waals surface area contributed by atoms with E-state index in [2.05, 4.69) is 17.2 Å². The summed E-state index contributed by atoms with van der Waals surface area (Å²) in [7, 11) is 0. The van der Waals surface area contributed by atoms with E-state index in [0.29, 0.717) is 11.7 Å². The van der Waals surface area contributed by atoms with Crippen LogP contribution in [0.4, 0.5) is 10.8 Å². The Hall–Kier alpha value is -2.99. The maximum Gasteiger partial charge on any atom is 0.231 e. The Bertz CT molecular complexity index is 983. The van der Waals surface area contributed by atoms with Crippen molar-refractivity contribution in [2.45, 2.75) is 19.8 Å². The number of carbonyl (C=O) groups excluding carboxylic acids is 2. The number of nitrogens with one attached hydrogen (secondary N) is 1. The number of benzene rings is 2. The van der Waals surface area contributed by atoms with Gasteiger partial charge in [-0.3, -0.25) is 9.59 Å². The van der Waals surface area contributed by atoms with Gasteiger partial charge in [0.25, 0.3) is 0 Å². The molecule has 1 aliphatic rings. The van der Waals surface area contributed by atoms with Gasteiger partial charge in [-0.25, -0.2) is 4.98 Å². The molecule has 6 heteroatoms. The first kappa shape index (κ1) is 18.4. The Morgan fingerprint density at radius 3 is 2.64 bits per heavy atom. The van der Waals surface area contributed by atoms with Gasteiger partial charge in [-0.2, -0.15) is 0 Å². The summed E-state index contributed by atoms with van der Waals surface area (Å²) in [4.78, 5) is 31.3. The predicted molar refractivity (Wildman–Crippen MR) is 112 cm³/mol. The lowest BCUT2D eigenvalue weighted by Gasteiger charge is -2.17. The molecule has 0 aliphatic carbocycles. The van der Waals surface area contributed by atoms with Gasteiger partial charge < -0.3 is 10.2 Å². The second-order valence-electron chi connectivity index (χ2n) is 6.82. The molecule has 2 heterocycles. The van der Waals surface area contributed by atoms with Gasteiger partial charge in [-0.15, -0.1) is 11.3 Å². The van der Waals surface area contributed by atoms with Crippen LogP contribution in [0.2, 0.25) is 0 Å². The van der Waals surface area contributed by atoms with Gasteiger partial charge >= 0.3 is 0 Å². The average molecular weight is 391 g/mol. The minimum atomic E-state index is -0.373. The summed E-state index contributed by atoms with van der Waals surface area (Å²) >= 11 is 1.39. The van der Waals surface area contributed by atoms with Gasteiger partial charge in [0, 0.05) is 29.6 Å². The highest BCUT2D eigenvalue weighted by atomic mass is 32.1. The number of thiazole rings is 1. The molecule has 1 aliphatic heterocycles. The van der Waals surface area contributed by atoms with E-state index in [0.717, 1.165) is 23.4 Å². The van der Waals surface area contributed by atoms with Crippen LogP contribution in [-0.2, 0) is 16.0 Å². The Morgan fingerprint density at radius 2 is 1.93 bits per heavy atom. The topological polar surface area (TPSA) is 62.3 Å². The van der Waals surface area contributed by atoms with E-state index in [9.17, 15) is 9.59 Å². The van der Waals surface area contributed by atoms with Crippen LogP contribution in [-0.4, -0.2) is 23.3 Å². The molecule has 0 bridgehead atoms. The van der Waals surface area contributed by atoms with Crippen molar-refractivity contribution < 1.29 is 9.59 Å². The number of aromatic nitrogens is 1. The zero-order chi connectivity index (χ0) is 19.5. The molecule has 1 aromatic heterocycles. The zero-order valence-corrected chi connectivity index (χ0v) is 16.4. The van der Waals surface area contributed by atoms with Crippen molar-refractivity contribution in [3.63, 3.8) is 0 Å². The van der Waals surface area contributed by atoms with Crippen LogP contribution >= 0.6 is 11.3 Å². The minimum Gasteiger partial charge on any atom is -0.312 e. The SMILES string of the molecule is CCc1ccc(N2CC(C(=O)Nc3nc(-c4ccccc4)cs3)CC2=O)cc1. The molecule has 1 unspecified atom stereocenters. The minimum absolute atomic E-state index is 0.0199. The first-order chi connectivity index (χ1) is 13.6. The molecule has 28 heavy (non-hydrogen) atoms. The molecule has 0 saturated carbocycles. The molecular weight excluding hydrogens is 370 g/mol. The van der Waals surface area contributed by atoms with Crippen molar-refractivity contribution in [3.05, 3.63) is 65.5 Å². The van der Waals surface area contributed by atoms with Gasteiger partial charge in [0.2, 0.25) is 11.8 Å². The molecule has 1 fully saturated rings. The molecular formula is C22H21N3O2S. The highest BCUT2D eigenvalue weighted by molar-refractivity contribution is 7.14. The fourth-order valence-corrected chi connectivity index (χ4v) is 4.05. The Balaban J connectivity index is 1.41. The maximum absolute atomic E-state index is 12.7. The summed E-state index contributed by atoms with van der Waals surface area (Å²) in [5.41, 5.74) is 3.92. The van der Waals surface area contributed by atoms with E-state index in [1.54, 1.807) is 4.90 Å². The van der Waals surface area contributed by atoms with E-state index in [-0.39, 0.29) is 24.2 Å². The predicted octanol–water partition coefficient (Wildman–Crippen LogP) is 4.36. The first-order valence-electron chi connectivity index (χ1n) is 9.35. The molecule has 5 nitrogen and oxygen atoms in total. The van der Waals surface area contributed by atoms with Gasteiger partial charge in [-0.1, -0.05) is 49.4 Å². The van der Waals surface area contributed by atoms with E-state index < -0.39 is 0 Å². The molecule has 1 N–H and O–H groups in total. The van der Waals surface area contributed by atoms with Gasteiger partial charge in [0.05, 0.1) is 11.6 Å². The number of rotatable bonds is 5. The molecule has 142 valence electrons. The second kappa shape index (κ2) is 7.94. The molecule has 2 amide bonds. The largest absolute Gasteiger partial charge is 0.312 e. The maximum atomic E-state index is 12.7. The number of aryl methyl sites for hydroxylation is 1. The van der Waals surface area contributed by atoms with E-state index in [1.165, 1.54) is 16.9 Å². The Kier molecular flexibility index (Phi) is 5.21. The van der Waals surface area contributed by atoms with Crippen molar-refractivity contribution in [1.82, 2.24) is 4.98 Å². The van der Waals surface area contributed by atoms with Crippen molar-refractivity contribution >= 4 is 34.0 Å². The van der Waals surface area contributed by atoms with Gasteiger partial charge in [-0.05, 0) is 24.1 Å². The number of carbonyl (C=O) groups is 2. The molecule has 1 atom stereocenters. The van der Waals surface area contributed by atoms with Crippen LogP contribution in [0.1, 0.15) is 18.9 Å². The van der Waals surface area contributed by atoms with E-state index >= 15 is 0 Å².